The summed E-state index contributed by atoms with van der Waals surface area (Å²) in [6.07, 6.45) is 2.36. The first-order chi connectivity index (χ1) is 9.04. The van der Waals surface area contributed by atoms with Crippen molar-refractivity contribution in [2.75, 3.05) is 6.54 Å². The molecule has 2 rings (SSSR count). The van der Waals surface area contributed by atoms with Crippen molar-refractivity contribution in [2.24, 2.45) is 0 Å². The van der Waals surface area contributed by atoms with Crippen LogP contribution < -0.4 is 10.6 Å². The van der Waals surface area contributed by atoms with Gasteiger partial charge in [0.25, 0.3) is 0 Å². The van der Waals surface area contributed by atoms with E-state index in [1.54, 1.807) is 0 Å². The van der Waals surface area contributed by atoms with Gasteiger partial charge in [0.15, 0.2) is 0 Å². The van der Waals surface area contributed by atoms with Crippen molar-refractivity contribution in [1.29, 1.82) is 0 Å². The Morgan fingerprint density at radius 1 is 1.68 bits per heavy atom. The molecule has 1 fully saturated rings. The predicted octanol–water partition coefficient (Wildman–Crippen LogP) is -0.814. The van der Waals surface area contributed by atoms with Gasteiger partial charge in [-0.3, -0.25) is 9.59 Å². The van der Waals surface area contributed by atoms with E-state index in [9.17, 15) is 19.7 Å². The molecule has 2 N–H and O–H groups in total. The maximum Gasteiger partial charge on any atom is 0.389 e. The highest BCUT2D eigenvalue weighted by atomic mass is 16.6. The highest BCUT2D eigenvalue weighted by Gasteiger charge is 2.20. The Morgan fingerprint density at radius 2 is 2.47 bits per heavy atom. The van der Waals surface area contributed by atoms with Crippen LogP contribution in [0.2, 0.25) is 0 Å². The first kappa shape index (κ1) is 13.0. The normalized spacial score (nSPS) is 18.7. The lowest BCUT2D eigenvalue weighted by Crippen LogP contribution is -2.48. The SMILES string of the molecule is O=C1CCC(NC(=O)Cn2ccc([N+](=O)[O-])n2)CN1. The molecule has 0 saturated carbocycles. The minimum absolute atomic E-state index is 0.0202. The third-order valence-corrected chi connectivity index (χ3v) is 2.75. The number of aromatic nitrogens is 2. The molecular weight excluding hydrogens is 254 g/mol. The second-order valence-corrected chi connectivity index (χ2v) is 4.24. The molecule has 0 spiro atoms. The number of amides is 2. The Balaban J connectivity index is 1.83. The Kier molecular flexibility index (Phi) is 3.74. The zero-order valence-electron chi connectivity index (χ0n) is 10.0. The standard InChI is InChI=1S/C10H13N5O4/c16-9-2-1-7(5-11-9)12-10(17)6-14-4-3-8(13-14)15(18)19/h3-4,7H,1-2,5-6H2,(H,11,16)(H,12,17). The number of carbonyl (C=O) groups excluding carboxylic acids is 2. The lowest BCUT2D eigenvalue weighted by molar-refractivity contribution is -0.389. The maximum absolute atomic E-state index is 11.7. The molecule has 1 aromatic rings. The highest BCUT2D eigenvalue weighted by Crippen LogP contribution is 2.06. The molecule has 1 atom stereocenters. The Hall–Kier alpha value is -2.45. The summed E-state index contributed by atoms with van der Waals surface area (Å²) in [7, 11) is 0. The van der Waals surface area contributed by atoms with Gasteiger partial charge in [0.05, 0.1) is 17.4 Å². The van der Waals surface area contributed by atoms with Crippen molar-refractivity contribution < 1.29 is 14.5 Å². The molecule has 19 heavy (non-hydrogen) atoms. The molecule has 0 aromatic carbocycles. The maximum atomic E-state index is 11.7. The number of nitrogens with zero attached hydrogens (tertiary/aromatic N) is 3. The zero-order valence-corrected chi connectivity index (χ0v) is 10.0. The zero-order chi connectivity index (χ0) is 13.8. The molecule has 2 heterocycles. The summed E-state index contributed by atoms with van der Waals surface area (Å²) in [5.41, 5.74) is 0. The fraction of sp³-hybridized carbons (Fsp3) is 0.500. The lowest BCUT2D eigenvalue weighted by atomic mass is 10.1. The summed E-state index contributed by atoms with van der Waals surface area (Å²) >= 11 is 0. The van der Waals surface area contributed by atoms with E-state index in [4.69, 9.17) is 0 Å². The van der Waals surface area contributed by atoms with Crippen LogP contribution in [0.3, 0.4) is 0 Å². The Labute approximate surface area is 108 Å². The van der Waals surface area contributed by atoms with Crippen molar-refractivity contribution in [2.45, 2.75) is 25.4 Å². The molecule has 1 aromatic heterocycles. The van der Waals surface area contributed by atoms with Gasteiger partial charge < -0.3 is 20.7 Å². The van der Waals surface area contributed by atoms with Gasteiger partial charge in [0, 0.05) is 19.0 Å². The number of rotatable bonds is 4. The quantitative estimate of drug-likeness (QED) is 0.546. The van der Waals surface area contributed by atoms with Crippen LogP contribution in [0.5, 0.6) is 0 Å². The second kappa shape index (κ2) is 5.46. The van der Waals surface area contributed by atoms with Crippen LogP contribution in [-0.2, 0) is 16.1 Å². The second-order valence-electron chi connectivity index (χ2n) is 4.24. The van der Waals surface area contributed by atoms with Gasteiger partial charge in [-0.15, -0.1) is 0 Å². The Bertz CT molecular complexity index is 502. The van der Waals surface area contributed by atoms with Crippen molar-refractivity contribution in [3.05, 3.63) is 22.4 Å². The molecule has 0 radical (unpaired) electrons. The smallest absolute Gasteiger partial charge is 0.358 e. The molecule has 0 bridgehead atoms. The molecule has 102 valence electrons. The summed E-state index contributed by atoms with van der Waals surface area (Å²) in [6.45, 7) is 0.322. The van der Waals surface area contributed by atoms with Crippen LogP contribution in [0.4, 0.5) is 5.82 Å². The lowest BCUT2D eigenvalue weighted by Gasteiger charge is -2.23. The van der Waals surface area contributed by atoms with Crippen LogP contribution in [0.15, 0.2) is 12.3 Å². The number of nitro groups is 1. The summed E-state index contributed by atoms with van der Waals surface area (Å²) in [5.74, 6) is -0.606. The van der Waals surface area contributed by atoms with Gasteiger partial charge in [0.2, 0.25) is 11.8 Å². The fourth-order valence-electron chi connectivity index (χ4n) is 1.81. The molecular formula is C10H13N5O4. The third-order valence-electron chi connectivity index (χ3n) is 2.75. The van der Waals surface area contributed by atoms with Gasteiger partial charge in [-0.1, -0.05) is 0 Å². The number of nitrogens with one attached hydrogen (secondary N) is 2. The van der Waals surface area contributed by atoms with E-state index in [1.807, 2.05) is 0 Å². The monoisotopic (exact) mass is 267 g/mol. The molecule has 1 unspecified atom stereocenters. The van der Waals surface area contributed by atoms with Crippen molar-refractivity contribution in [1.82, 2.24) is 20.4 Å². The van der Waals surface area contributed by atoms with Crippen LogP contribution in [0, 0.1) is 10.1 Å². The van der Waals surface area contributed by atoms with Crippen LogP contribution in [0.1, 0.15) is 12.8 Å². The van der Waals surface area contributed by atoms with E-state index in [0.717, 1.165) is 0 Å². The summed E-state index contributed by atoms with van der Waals surface area (Å²) in [5, 5.41) is 19.5. The van der Waals surface area contributed by atoms with Gasteiger partial charge in [-0.05, 0) is 11.3 Å². The molecule has 9 heteroatoms. The van der Waals surface area contributed by atoms with E-state index in [1.165, 1.54) is 16.9 Å². The topological polar surface area (TPSA) is 119 Å². The van der Waals surface area contributed by atoms with Gasteiger partial charge in [0.1, 0.15) is 6.54 Å². The third kappa shape index (κ3) is 3.50. The Morgan fingerprint density at radius 3 is 3.05 bits per heavy atom. The minimum Gasteiger partial charge on any atom is -0.358 e. The number of hydrogen-bond donors (Lipinski definition) is 2. The van der Waals surface area contributed by atoms with E-state index >= 15 is 0 Å². The van der Waals surface area contributed by atoms with Crippen LogP contribution in [-0.4, -0.2) is 39.1 Å². The molecule has 0 aliphatic carbocycles. The molecule has 1 aliphatic heterocycles. The van der Waals surface area contributed by atoms with E-state index in [-0.39, 0.29) is 30.2 Å². The molecule has 1 aliphatic rings. The molecule has 9 nitrogen and oxygen atoms in total. The van der Waals surface area contributed by atoms with E-state index < -0.39 is 4.92 Å². The number of carbonyl (C=O) groups is 2. The van der Waals surface area contributed by atoms with Crippen molar-refractivity contribution in [3.8, 4) is 0 Å². The fourth-order valence-corrected chi connectivity index (χ4v) is 1.81. The highest BCUT2D eigenvalue weighted by molar-refractivity contribution is 5.78. The number of piperidine rings is 1. The minimum atomic E-state index is -0.620. The van der Waals surface area contributed by atoms with E-state index in [2.05, 4.69) is 15.7 Å². The van der Waals surface area contributed by atoms with Gasteiger partial charge in [-0.25, -0.2) is 0 Å². The first-order valence-electron chi connectivity index (χ1n) is 5.78. The predicted molar refractivity (Wildman–Crippen MR) is 63.1 cm³/mol. The van der Waals surface area contributed by atoms with Gasteiger partial charge in [-0.2, -0.15) is 4.68 Å². The first-order valence-corrected chi connectivity index (χ1v) is 5.78. The summed E-state index contributed by atoms with van der Waals surface area (Å²) < 4.78 is 1.20. The number of hydrogen-bond acceptors (Lipinski definition) is 5. The summed E-state index contributed by atoms with van der Waals surface area (Å²) in [6, 6.07) is 1.13. The van der Waals surface area contributed by atoms with Crippen LogP contribution in [0.25, 0.3) is 0 Å². The van der Waals surface area contributed by atoms with E-state index in [0.29, 0.717) is 19.4 Å². The van der Waals surface area contributed by atoms with Crippen molar-refractivity contribution >= 4 is 17.6 Å². The average molecular weight is 267 g/mol. The summed E-state index contributed by atoms with van der Waals surface area (Å²) in [4.78, 5) is 32.5. The molecule has 2 amide bonds. The van der Waals surface area contributed by atoms with Crippen LogP contribution >= 0.6 is 0 Å². The van der Waals surface area contributed by atoms with Crippen molar-refractivity contribution in [3.63, 3.8) is 0 Å². The molecule has 1 saturated heterocycles. The largest absolute Gasteiger partial charge is 0.389 e. The average Bonchev–Trinajstić information content (AvgIpc) is 2.80. The van der Waals surface area contributed by atoms with Gasteiger partial charge >= 0.3 is 5.82 Å².